The summed E-state index contributed by atoms with van der Waals surface area (Å²) in [7, 11) is 1.57. The third-order valence-corrected chi connectivity index (χ3v) is 3.40. The van der Waals surface area contributed by atoms with Crippen LogP contribution in [0.4, 0.5) is 0 Å². The first-order valence-electron chi connectivity index (χ1n) is 6.10. The molecular formula is C15H14Cl2N2O2. The molecule has 0 aliphatic heterocycles. The average molecular weight is 325 g/mol. The molecule has 6 heteroatoms. The minimum Gasteiger partial charge on any atom is -0.496 e. The molecule has 0 bridgehead atoms. The van der Waals surface area contributed by atoms with Crippen LogP contribution in [0.25, 0.3) is 0 Å². The Balaban J connectivity index is 2.22. The van der Waals surface area contributed by atoms with E-state index in [1.54, 1.807) is 43.5 Å². The molecule has 0 aliphatic carbocycles. The molecule has 21 heavy (non-hydrogen) atoms. The van der Waals surface area contributed by atoms with E-state index in [0.29, 0.717) is 27.1 Å². The molecule has 2 aromatic rings. The molecule has 0 saturated heterocycles. The van der Waals surface area contributed by atoms with Crippen molar-refractivity contribution < 1.29 is 9.47 Å². The fourth-order valence-corrected chi connectivity index (χ4v) is 2.27. The van der Waals surface area contributed by atoms with E-state index in [2.05, 4.69) is 0 Å². The molecule has 0 saturated carbocycles. The van der Waals surface area contributed by atoms with Crippen LogP contribution in [0.3, 0.4) is 0 Å². The summed E-state index contributed by atoms with van der Waals surface area (Å²) in [4.78, 5) is 0. The maximum Gasteiger partial charge on any atom is 0.138 e. The van der Waals surface area contributed by atoms with E-state index in [9.17, 15) is 0 Å². The highest BCUT2D eigenvalue weighted by atomic mass is 35.5. The van der Waals surface area contributed by atoms with Crippen LogP contribution in [0.5, 0.6) is 11.5 Å². The Morgan fingerprint density at radius 1 is 1.14 bits per heavy atom. The first-order chi connectivity index (χ1) is 10.0. The molecule has 0 atom stereocenters. The van der Waals surface area contributed by atoms with Crippen LogP contribution in [0, 0.1) is 5.41 Å². The number of amidine groups is 1. The van der Waals surface area contributed by atoms with Crippen molar-refractivity contribution >= 4 is 29.0 Å². The van der Waals surface area contributed by atoms with E-state index in [-0.39, 0.29) is 12.4 Å². The third-order valence-electron chi connectivity index (χ3n) is 2.87. The minimum atomic E-state index is -0.0107. The molecule has 0 fully saturated rings. The van der Waals surface area contributed by atoms with Crippen LogP contribution < -0.4 is 15.2 Å². The Bertz CT molecular complexity index is 675. The summed E-state index contributed by atoms with van der Waals surface area (Å²) in [6, 6.07) is 10.2. The number of nitrogens with two attached hydrogens (primary N) is 1. The number of methoxy groups -OCH3 is 1. The molecule has 2 aromatic carbocycles. The lowest BCUT2D eigenvalue weighted by atomic mass is 10.1. The number of nitrogens with one attached hydrogen (secondary N) is 1. The van der Waals surface area contributed by atoms with Crippen molar-refractivity contribution in [3.8, 4) is 11.5 Å². The van der Waals surface area contributed by atoms with Crippen LogP contribution in [-0.4, -0.2) is 12.9 Å². The maximum atomic E-state index is 7.47. The number of halogens is 2. The van der Waals surface area contributed by atoms with Crippen LogP contribution in [0.2, 0.25) is 10.0 Å². The number of hydrogen-bond donors (Lipinski definition) is 2. The van der Waals surface area contributed by atoms with E-state index in [1.165, 1.54) is 0 Å². The van der Waals surface area contributed by atoms with Crippen molar-refractivity contribution in [3.63, 3.8) is 0 Å². The normalized spacial score (nSPS) is 10.2. The SMILES string of the molecule is COc1ccc(C(=N)N)cc1COc1ccc(Cl)cc1Cl. The van der Waals surface area contributed by atoms with Crippen LogP contribution >= 0.6 is 23.2 Å². The highest BCUT2D eigenvalue weighted by molar-refractivity contribution is 6.35. The summed E-state index contributed by atoms with van der Waals surface area (Å²) in [6.45, 7) is 0.242. The van der Waals surface area contributed by atoms with Gasteiger partial charge in [-0.3, -0.25) is 5.41 Å². The van der Waals surface area contributed by atoms with Crippen molar-refractivity contribution in [2.24, 2.45) is 5.73 Å². The van der Waals surface area contributed by atoms with Gasteiger partial charge in [0.25, 0.3) is 0 Å². The summed E-state index contributed by atoms with van der Waals surface area (Å²) in [6.07, 6.45) is 0. The lowest BCUT2D eigenvalue weighted by Gasteiger charge is -2.12. The molecule has 0 spiro atoms. The van der Waals surface area contributed by atoms with Crippen LogP contribution in [-0.2, 0) is 6.61 Å². The number of benzene rings is 2. The number of rotatable bonds is 5. The summed E-state index contributed by atoms with van der Waals surface area (Å²) in [5.41, 5.74) is 6.87. The Hall–Kier alpha value is -1.91. The topological polar surface area (TPSA) is 68.3 Å². The van der Waals surface area contributed by atoms with E-state index >= 15 is 0 Å². The smallest absolute Gasteiger partial charge is 0.138 e. The quantitative estimate of drug-likeness (QED) is 0.648. The van der Waals surface area contributed by atoms with Crippen LogP contribution in [0.1, 0.15) is 11.1 Å². The van der Waals surface area contributed by atoms with Gasteiger partial charge in [0.05, 0.1) is 12.1 Å². The maximum absolute atomic E-state index is 7.47. The van der Waals surface area contributed by atoms with E-state index in [0.717, 1.165) is 5.56 Å². The Morgan fingerprint density at radius 3 is 2.48 bits per heavy atom. The van der Waals surface area contributed by atoms with Gasteiger partial charge in [-0.1, -0.05) is 23.2 Å². The zero-order valence-corrected chi connectivity index (χ0v) is 12.8. The highest BCUT2D eigenvalue weighted by Gasteiger charge is 2.09. The molecule has 4 nitrogen and oxygen atoms in total. The molecule has 110 valence electrons. The molecule has 0 heterocycles. The fourth-order valence-electron chi connectivity index (χ4n) is 1.81. The Labute approximate surface area is 132 Å². The summed E-state index contributed by atoms with van der Waals surface area (Å²) in [5, 5.41) is 8.45. The second-order valence-corrected chi connectivity index (χ2v) is 5.15. The van der Waals surface area contributed by atoms with Crippen molar-refractivity contribution in [1.82, 2.24) is 0 Å². The van der Waals surface area contributed by atoms with Gasteiger partial charge in [-0.2, -0.15) is 0 Å². The van der Waals surface area contributed by atoms with Gasteiger partial charge in [0.15, 0.2) is 0 Å². The number of hydrogen-bond acceptors (Lipinski definition) is 3. The predicted octanol–water partition coefficient (Wildman–Crippen LogP) is 3.87. The Kier molecular flexibility index (Phi) is 4.94. The van der Waals surface area contributed by atoms with Gasteiger partial charge in [-0.15, -0.1) is 0 Å². The monoisotopic (exact) mass is 324 g/mol. The van der Waals surface area contributed by atoms with Gasteiger partial charge in [-0.25, -0.2) is 0 Å². The second kappa shape index (κ2) is 6.70. The molecule has 0 aromatic heterocycles. The van der Waals surface area contributed by atoms with Gasteiger partial charge in [-0.05, 0) is 36.4 Å². The number of nitrogen functional groups attached to an aromatic ring is 1. The molecule has 3 N–H and O–H groups in total. The highest BCUT2D eigenvalue weighted by Crippen LogP contribution is 2.29. The molecular weight excluding hydrogens is 311 g/mol. The molecule has 0 unspecified atom stereocenters. The summed E-state index contributed by atoms with van der Waals surface area (Å²) >= 11 is 11.9. The average Bonchev–Trinajstić information content (AvgIpc) is 2.46. The minimum absolute atomic E-state index is 0.0107. The van der Waals surface area contributed by atoms with Crippen LogP contribution in [0.15, 0.2) is 36.4 Å². The van der Waals surface area contributed by atoms with Gasteiger partial charge in [0.2, 0.25) is 0 Å². The predicted molar refractivity (Wildman–Crippen MR) is 84.8 cm³/mol. The van der Waals surface area contributed by atoms with Crippen molar-refractivity contribution in [3.05, 3.63) is 57.6 Å². The van der Waals surface area contributed by atoms with Gasteiger partial charge in [0, 0.05) is 16.1 Å². The lowest BCUT2D eigenvalue weighted by molar-refractivity contribution is 0.297. The number of ether oxygens (including phenoxy) is 2. The van der Waals surface area contributed by atoms with Gasteiger partial charge >= 0.3 is 0 Å². The lowest BCUT2D eigenvalue weighted by Crippen LogP contribution is -2.12. The zero-order chi connectivity index (χ0) is 15.4. The van der Waals surface area contributed by atoms with E-state index in [1.807, 2.05) is 0 Å². The van der Waals surface area contributed by atoms with Crippen molar-refractivity contribution in [2.45, 2.75) is 6.61 Å². The second-order valence-electron chi connectivity index (χ2n) is 4.30. The van der Waals surface area contributed by atoms with E-state index in [4.69, 9.17) is 43.8 Å². The van der Waals surface area contributed by atoms with Gasteiger partial charge < -0.3 is 15.2 Å². The Morgan fingerprint density at radius 2 is 1.86 bits per heavy atom. The third kappa shape index (κ3) is 3.80. The van der Waals surface area contributed by atoms with E-state index < -0.39 is 0 Å². The first kappa shape index (κ1) is 15.5. The summed E-state index contributed by atoms with van der Waals surface area (Å²) in [5.74, 6) is 1.17. The molecule has 0 aliphatic rings. The largest absolute Gasteiger partial charge is 0.496 e. The molecule has 0 radical (unpaired) electrons. The first-order valence-corrected chi connectivity index (χ1v) is 6.86. The fraction of sp³-hybridized carbons (Fsp3) is 0.133. The van der Waals surface area contributed by atoms with Crippen molar-refractivity contribution in [2.75, 3.05) is 7.11 Å². The molecule has 0 amide bonds. The van der Waals surface area contributed by atoms with Gasteiger partial charge in [0.1, 0.15) is 23.9 Å². The zero-order valence-electron chi connectivity index (χ0n) is 11.3. The summed E-state index contributed by atoms with van der Waals surface area (Å²) < 4.78 is 10.9. The standard InChI is InChI=1S/C15H14Cl2N2O2/c1-20-13-4-2-9(15(18)19)6-10(13)8-21-14-5-3-11(16)7-12(14)17/h2-7H,8H2,1H3,(H3,18,19). The molecule has 2 rings (SSSR count). The van der Waals surface area contributed by atoms with Crippen molar-refractivity contribution in [1.29, 1.82) is 5.41 Å².